The van der Waals surface area contributed by atoms with E-state index in [0.29, 0.717) is 22.0 Å². The highest BCUT2D eigenvalue weighted by molar-refractivity contribution is 6.31. The lowest BCUT2D eigenvalue weighted by Crippen LogP contribution is -2.41. The highest BCUT2D eigenvalue weighted by atomic mass is 35.5. The Morgan fingerprint density at radius 3 is 2.66 bits per heavy atom. The summed E-state index contributed by atoms with van der Waals surface area (Å²) in [5.41, 5.74) is -0.172. The van der Waals surface area contributed by atoms with E-state index in [-0.39, 0.29) is 13.0 Å². The lowest BCUT2D eigenvalue weighted by molar-refractivity contribution is -0.140. The van der Waals surface area contributed by atoms with Crippen LogP contribution in [0.15, 0.2) is 77.4 Å². The lowest BCUT2D eigenvalue weighted by Gasteiger charge is -2.22. The molecule has 146 valence electrons. The lowest BCUT2D eigenvalue weighted by atomic mass is 9.90. The van der Waals surface area contributed by atoms with Crippen molar-refractivity contribution in [3.05, 3.63) is 94.9 Å². The summed E-state index contributed by atoms with van der Waals surface area (Å²) >= 11 is 6.12. The van der Waals surface area contributed by atoms with Crippen LogP contribution in [-0.4, -0.2) is 16.8 Å². The van der Waals surface area contributed by atoms with Gasteiger partial charge in [0, 0.05) is 10.6 Å². The van der Waals surface area contributed by atoms with Crippen LogP contribution in [0.5, 0.6) is 0 Å². The summed E-state index contributed by atoms with van der Waals surface area (Å²) in [6.45, 7) is 0.285. The van der Waals surface area contributed by atoms with Crippen LogP contribution in [0.1, 0.15) is 23.3 Å². The summed E-state index contributed by atoms with van der Waals surface area (Å²) in [7, 11) is 0. The number of furan rings is 1. The monoisotopic (exact) mass is 407 g/mol. The molecule has 0 bridgehead atoms. The maximum atomic E-state index is 13.2. The Hall–Kier alpha value is -3.15. The second-order valence-corrected chi connectivity index (χ2v) is 7.33. The number of halogens is 1. The highest BCUT2D eigenvalue weighted by Gasteiger charge is 2.50. The average molecular weight is 408 g/mol. The normalized spacial score (nSPS) is 18.4. The fourth-order valence-electron chi connectivity index (χ4n) is 3.49. The first-order chi connectivity index (χ1) is 14.0. The molecule has 0 saturated carbocycles. The Morgan fingerprint density at radius 2 is 1.93 bits per heavy atom. The van der Waals surface area contributed by atoms with Crippen molar-refractivity contribution in [3.8, 4) is 0 Å². The summed E-state index contributed by atoms with van der Waals surface area (Å²) in [5.74, 6) is -0.430. The maximum Gasteiger partial charge on any atom is 0.264 e. The molecule has 1 atom stereocenters. The van der Waals surface area contributed by atoms with Gasteiger partial charge in [0.2, 0.25) is 0 Å². The quantitative estimate of drug-likeness (QED) is 0.617. The number of aliphatic hydroxyl groups is 1. The summed E-state index contributed by atoms with van der Waals surface area (Å²) in [4.78, 5) is 27.2. The van der Waals surface area contributed by atoms with Gasteiger partial charge in [0.1, 0.15) is 5.76 Å². The number of hydrogen-bond acceptors (Lipinski definition) is 4. The van der Waals surface area contributed by atoms with Crippen LogP contribution in [-0.2, 0) is 21.7 Å². The van der Waals surface area contributed by atoms with Crippen molar-refractivity contribution >= 4 is 35.1 Å². The predicted molar refractivity (Wildman–Crippen MR) is 110 cm³/mol. The predicted octanol–water partition coefficient (Wildman–Crippen LogP) is 4.34. The van der Waals surface area contributed by atoms with Crippen LogP contribution < -0.4 is 4.90 Å². The molecule has 0 saturated heterocycles. The molecule has 5 nitrogen and oxygen atoms in total. The minimum absolute atomic E-state index is 0.285. The number of anilines is 1. The van der Waals surface area contributed by atoms with E-state index in [4.69, 9.17) is 16.0 Å². The SMILES string of the molecule is O=C(/C=C/c1ccco1)C[C@]1(O)C(=O)N(Cc2ccccc2)c2ccc(Cl)cc21. The van der Waals surface area contributed by atoms with E-state index in [1.54, 1.807) is 30.3 Å². The number of carbonyl (C=O) groups excluding carboxylic acids is 2. The van der Waals surface area contributed by atoms with Gasteiger partial charge in [0.05, 0.1) is 24.9 Å². The number of nitrogens with zero attached hydrogens (tertiary/aromatic N) is 1. The highest BCUT2D eigenvalue weighted by Crippen LogP contribution is 2.44. The van der Waals surface area contributed by atoms with Crippen LogP contribution in [0.3, 0.4) is 0 Å². The van der Waals surface area contributed by atoms with Gasteiger partial charge in [-0.2, -0.15) is 0 Å². The number of amides is 1. The summed E-state index contributed by atoms with van der Waals surface area (Å²) in [5, 5.41) is 11.7. The van der Waals surface area contributed by atoms with E-state index in [2.05, 4.69) is 0 Å². The van der Waals surface area contributed by atoms with Gasteiger partial charge in [-0.1, -0.05) is 41.9 Å². The molecule has 6 heteroatoms. The van der Waals surface area contributed by atoms with Crippen molar-refractivity contribution in [2.24, 2.45) is 0 Å². The summed E-state index contributed by atoms with van der Waals surface area (Å²) in [6, 6.07) is 17.8. The largest absolute Gasteiger partial charge is 0.465 e. The van der Waals surface area contributed by atoms with Crippen molar-refractivity contribution in [2.75, 3.05) is 4.90 Å². The van der Waals surface area contributed by atoms with E-state index in [1.807, 2.05) is 30.3 Å². The van der Waals surface area contributed by atoms with Crippen LogP contribution in [0, 0.1) is 0 Å². The number of fused-ring (bicyclic) bond motifs is 1. The Bertz CT molecular complexity index is 1080. The zero-order valence-corrected chi connectivity index (χ0v) is 16.2. The van der Waals surface area contributed by atoms with E-state index in [9.17, 15) is 14.7 Å². The second kappa shape index (κ2) is 7.70. The number of allylic oxidation sites excluding steroid dienone is 1. The van der Waals surface area contributed by atoms with Crippen molar-refractivity contribution in [1.82, 2.24) is 0 Å². The molecule has 2 aromatic carbocycles. The first-order valence-corrected chi connectivity index (χ1v) is 9.48. The van der Waals surface area contributed by atoms with Crippen molar-refractivity contribution in [1.29, 1.82) is 0 Å². The number of benzene rings is 2. The topological polar surface area (TPSA) is 70.7 Å². The standard InChI is InChI=1S/C23H18ClNO4/c24-17-8-11-21-20(13-17)23(28,14-18(26)9-10-19-7-4-12-29-19)22(27)25(21)15-16-5-2-1-3-6-16/h1-13,28H,14-15H2/b10-9+/t23-/m1/s1. The number of carbonyl (C=O) groups is 2. The molecule has 1 aromatic heterocycles. The smallest absolute Gasteiger partial charge is 0.264 e. The Labute approximate surface area is 172 Å². The van der Waals surface area contributed by atoms with Gasteiger partial charge in [-0.25, -0.2) is 0 Å². The molecule has 3 aromatic rings. The molecule has 2 heterocycles. The van der Waals surface area contributed by atoms with Crippen molar-refractivity contribution in [2.45, 2.75) is 18.6 Å². The maximum absolute atomic E-state index is 13.2. The fraction of sp³-hybridized carbons (Fsp3) is 0.130. The Kier molecular flexibility index (Phi) is 5.09. The number of rotatable bonds is 6. The first-order valence-electron chi connectivity index (χ1n) is 9.10. The van der Waals surface area contributed by atoms with E-state index < -0.39 is 17.3 Å². The van der Waals surface area contributed by atoms with E-state index in [1.165, 1.54) is 23.3 Å². The molecule has 1 aliphatic rings. The van der Waals surface area contributed by atoms with Gasteiger partial charge < -0.3 is 14.4 Å². The minimum Gasteiger partial charge on any atom is -0.465 e. The first kappa shape index (κ1) is 19.2. The zero-order valence-electron chi connectivity index (χ0n) is 15.4. The van der Waals surface area contributed by atoms with Gasteiger partial charge in [-0.15, -0.1) is 0 Å². The van der Waals surface area contributed by atoms with Gasteiger partial charge in [0.25, 0.3) is 5.91 Å². The van der Waals surface area contributed by atoms with Gasteiger partial charge in [-0.05, 0) is 48.0 Å². The Balaban J connectivity index is 1.64. The number of hydrogen-bond donors (Lipinski definition) is 1. The van der Waals surface area contributed by atoms with Crippen molar-refractivity contribution < 1.29 is 19.1 Å². The third-order valence-corrected chi connectivity index (χ3v) is 5.12. The molecular weight excluding hydrogens is 390 g/mol. The zero-order chi connectivity index (χ0) is 20.4. The molecule has 29 heavy (non-hydrogen) atoms. The third-order valence-electron chi connectivity index (χ3n) is 4.88. The molecule has 0 spiro atoms. The minimum atomic E-state index is -1.97. The second-order valence-electron chi connectivity index (χ2n) is 6.89. The van der Waals surface area contributed by atoms with Crippen LogP contribution >= 0.6 is 11.6 Å². The van der Waals surface area contributed by atoms with Gasteiger partial charge in [-0.3, -0.25) is 9.59 Å². The van der Waals surface area contributed by atoms with Gasteiger partial charge >= 0.3 is 0 Å². The molecule has 0 unspecified atom stereocenters. The fourth-order valence-corrected chi connectivity index (χ4v) is 3.66. The van der Waals surface area contributed by atoms with Gasteiger partial charge in [0.15, 0.2) is 11.4 Å². The molecule has 4 rings (SSSR count). The van der Waals surface area contributed by atoms with Crippen molar-refractivity contribution in [3.63, 3.8) is 0 Å². The summed E-state index contributed by atoms with van der Waals surface area (Å²) < 4.78 is 5.16. The molecule has 1 amide bonds. The molecule has 0 radical (unpaired) electrons. The molecule has 1 aliphatic heterocycles. The third kappa shape index (κ3) is 3.75. The average Bonchev–Trinajstić information content (AvgIpc) is 3.30. The number of ketones is 1. The molecule has 0 fully saturated rings. The summed E-state index contributed by atoms with van der Waals surface area (Å²) in [6.07, 6.45) is 3.92. The molecule has 1 N–H and O–H groups in total. The van der Waals surface area contributed by atoms with Crippen LogP contribution in [0.25, 0.3) is 6.08 Å². The molecule has 0 aliphatic carbocycles. The van der Waals surface area contributed by atoms with E-state index in [0.717, 1.165) is 5.56 Å². The van der Waals surface area contributed by atoms with Crippen LogP contribution in [0.4, 0.5) is 5.69 Å². The Morgan fingerprint density at radius 1 is 1.14 bits per heavy atom. The van der Waals surface area contributed by atoms with E-state index >= 15 is 0 Å². The van der Waals surface area contributed by atoms with Crippen LogP contribution in [0.2, 0.25) is 5.02 Å². The molecular formula is C23H18ClNO4.